The van der Waals surface area contributed by atoms with E-state index in [0.29, 0.717) is 12.4 Å². The van der Waals surface area contributed by atoms with Crippen LogP contribution in [0.15, 0.2) is 16.9 Å². The normalized spacial score (nSPS) is 26.4. The zero-order chi connectivity index (χ0) is 9.97. The van der Waals surface area contributed by atoms with Crippen LogP contribution < -0.4 is 5.32 Å². The summed E-state index contributed by atoms with van der Waals surface area (Å²) in [7, 11) is 0. The number of oxazole rings is 1. The van der Waals surface area contributed by atoms with Gasteiger partial charge in [-0.05, 0) is 0 Å². The van der Waals surface area contributed by atoms with E-state index in [9.17, 15) is 4.79 Å². The summed E-state index contributed by atoms with van der Waals surface area (Å²) in [6, 6.07) is 0.0642. The van der Waals surface area contributed by atoms with Gasteiger partial charge in [0.1, 0.15) is 12.4 Å². The van der Waals surface area contributed by atoms with Crippen LogP contribution in [0.25, 0.3) is 0 Å². The number of hydrogen-bond donors (Lipinski definition) is 1. The largest absolute Gasteiger partial charge is 0.461 e. The average molecular weight is 196 g/mol. The Labute approximate surface area is 81.5 Å². The quantitative estimate of drug-likeness (QED) is 0.703. The first-order chi connectivity index (χ1) is 6.75. The van der Waals surface area contributed by atoms with Crippen molar-refractivity contribution in [3.63, 3.8) is 0 Å². The van der Waals surface area contributed by atoms with Gasteiger partial charge in [0.2, 0.25) is 5.89 Å². The van der Waals surface area contributed by atoms with Gasteiger partial charge in [0.25, 0.3) is 0 Å². The first kappa shape index (κ1) is 9.21. The van der Waals surface area contributed by atoms with E-state index in [0.717, 1.165) is 6.42 Å². The SMILES string of the molecule is CC(=O)O[C@H]1CN[C@H](c2ncco2)C1. The van der Waals surface area contributed by atoms with E-state index in [1.54, 1.807) is 6.20 Å². The van der Waals surface area contributed by atoms with E-state index in [4.69, 9.17) is 9.15 Å². The molecule has 0 amide bonds. The Balaban J connectivity index is 1.92. The van der Waals surface area contributed by atoms with E-state index in [1.807, 2.05) is 0 Å². The molecule has 1 saturated heterocycles. The molecule has 0 bridgehead atoms. The number of carbonyl (C=O) groups excluding carboxylic acids is 1. The molecule has 1 aromatic heterocycles. The Morgan fingerprint density at radius 1 is 1.79 bits per heavy atom. The van der Waals surface area contributed by atoms with Crippen LogP contribution in [-0.4, -0.2) is 23.6 Å². The third-order valence-corrected chi connectivity index (χ3v) is 2.17. The van der Waals surface area contributed by atoms with Gasteiger partial charge in [0, 0.05) is 19.9 Å². The first-order valence-electron chi connectivity index (χ1n) is 4.55. The van der Waals surface area contributed by atoms with Crippen molar-refractivity contribution in [2.75, 3.05) is 6.54 Å². The van der Waals surface area contributed by atoms with E-state index in [2.05, 4.69) is 10.3 Å². The fourth-order valence-electron chi connectivity index (χ4n) is 1.62. The van der Waals surface area contributed by atoms with Crippen molar-refractivity contribution in [1.29, 1.82) is 0 Å². The number of nitrogens with one attached hydrogen (secondary N) is 1. The van der Waals surface area contributed by atoms with Crippen LogP contribution in [0.2, 0.25) is 0 Å². The van der Waals surface area contributed by atoms with Crippen molar-refractivity contribution in [1.82, 2.24) is 10.3 Å². The second-order valence-corrected chi connectivity index (χ2v) is 3.30. The highest BCUT2D eigenvalue weighted by atomic mass is 16.5. The Hall–Kier alpha value is -1.36. The second-order valence-electron chi connectivity index (χ2n) is 3.30. The molecule has 2 rings (SSSR count). The van der Waals surface area contributed by atoms with Crippen molar-refractivity contribution in [2.45, 2.75) is 25.5 Å². The molecule has 1 fully saturated rings. The summed E-state index contributed by atoms with van der Waals surface area (Å²) in [5.74, 6) is 0.407. The number of nitrogens with zero attached hydrogens (tertiary/aromatic N) is 1. The highest BCUT2D eigenvalue weighted by Crippen LogP contribution is 2.23. The number of ether oxygens (including phenoxy) is 1. The van der Waals surface area contributed by atoms with E-state index in [1.165, 1.54) is 13.2 Å². The topological polar surface area (TPSA) is 64.4 Å². The predicted octanol–water partition coefficient (Wildman–Crippen LogP) is 0.641. The molecule has 0 saturated carbocycles. The molecule has 1 aliphatic heterocycles. The van der Waals surface area contributed by atoms with Gasteiger partial charge in [-0.2, -0.15) is 0 Å². The monoisotopic (exact) mass is 196 g/mol. The van der Waals surface area contributed by atoms with Crippen LogP contribution in [0.5, 0.6) is 0 Å². The fraction of sp³-hybridized carbons (Fsp3) is 0.556. The maximum absolute atomic E-state index is 10.7. The van der Waals surface area contributed by atoms with Crippen molar-refractivity contribution < 1.29 is 13.9 Å². The molecule has 0 unspecified atom stereocenters. The summed E-state index contributed by atoms with van der Waals surface area (Å²) in [6.07, 6.45) is 3.80. The van der Waals surface area contributed by atoms with E-state index < -0.39 is 0 Å². The Bertz CT molecular complexity index is 310. The molecule has 1 aromatic rings. The number of carbonyl (C=O) groups is 1. The average Bonchev–Trinajstić information content (AvgIpc) is 2.69. The molecule has 1 N–H and O–H groups in total. The summed E-state index contributed by atoms with van der Waals surface area (Å²) in [4.78, 5) is 14.7. The van der Waals surface area contributed by atoms with Crippen molar-refractivity contribution in [3.05, 3.63) is 18.4 Å². The molecule has 0 spiro atoms. The van der Waals surface area contributed by atoms with Gasteiger partial charge in [-0.25, -0.2) is 4.98 Å². The van der Waals surface area contributed by atoms with Crippen LogP contribution in [-0.2, 0) is 9.53 Å². The van der Waals surface area contributed by atoms with Crippen molar-refractivity contribution >= 4 is 5.97 Å². The zero-order valence-electron chi connectivity index (χ0n) is 7.90. The lowest BCUT2D eigenvalue weighted by atomic mass is 10.2. The molecule has 2 atom stereocenters. The molecule has 76 valence electrons. The summed E-state index contributed by atoms with van der Waals surface area (Å²) in [6.45, 7) is 2.07. The smallest absolute Gasteiger partial charge is 0.302 e. The van der Waals surface area contributed by atoms with Crippen molar-refractivity contribution in [3.8, 4) is 0 Å². The van der Waals surface area contributed by atoms with E-state index in [-0.39, 0.29) is 18.1 Å². The highest BCUT2D eigenvalue weighted by molar-refractivity contribution is 5.66. The Morgan fingerprint density at radius 3 is 3.29 bits per heavy atom. The molecule has 5 nitrogen and oxygen atoms in total. The van der Waals surface area contributed by atoms with Gasteiger partial charge in [-0.15, -0.1) is 0 Å². The minimum absolute atomic E-state index is 0.0642. The first-order valence-corrected chi connectivity index (χ1v) is 4.55. The van der Waals surface area contributed by atoms with Crippen LogP contribution in [0.4, 0.5) is 0 Å². The number of esters is 1. The van der Waals surface area contributed by atoms with Crippen LogP contribution in [0, 0.1) is 0 Å². The van der Waals surface area contributed by atoms with Gasteiger partial charge in [0.05, 0.1) is 12.2 Å². The lowest BCUT2D eigenvalue weighted by Gasteiger charge is -2.07. The number of hydrogen-bond acceptors (Lipinski definition) is 5. The maximum atomic E-state index is 10.7. The van der Waals surface area contributed by atoms with Crippen LogP contribution in [0.1, 0.15) is 25.3 Å². The standard InChI is InChI=1S/C9H12N2O3/c1-6(12)14-7-4-8(11-5-7)9-10-2-3-13-9/h2-3,7-8,11H,4-5H2,1H3/t7-,8+/m1/s1. The lowest BCUT2D eigenvalue weighted by Crippen LogP contribution is -2.19. The van der Waals surface area contributed by atoms with Crippen LogP contribution >= 0.6 is 0 Å². The maximum Gasteiger partial charge on any atom is 0.302 e. The molecule has 0 radical (unpaired) electrons. The van der Waals surface area contributed by atoms with Gasteiger partial charge >= 0.3 is 5.97 Å². The van der Waals surface area contributed by atoms with Crippen LogP contribution in [0.3, 0.4) is 0 Å². The van der Waals surface area contributed by atoms with Gasteiger partial charge in [-0.1, -0.05) is 0 Å². The van der Waals surface area contributed by atoms with Crippen molar-refractivity contribution in [2.24, 2.45) is 0 Å². The highest BCUT2D eigenvalue weighted by Gasteiger charge is 2.29. The molecule has 0 aromatic carbocycles. The summed E-state index contributed by atoms with van der Waals surface area (Å²) < 4.78 is 10.2. The minimum Gasteiger partial charge on any atom is -0.461 e. The van der Waals surface area contributed by atoms with Gasteiger partial charge in [0.15, 0.2) is 0 Å². The molecular weight excluding hydrogens is 184 g/mol. The summed E-state index contributed by atoms with van der Waals surface area (Å²) in [5.41, 5.74) is 0. The molecular formula is C9H12N2O3. The molecule has 5 heteroatoms. The van der Waals surface area contributed by atoms with E-state index >= 15 is 0 Å². The minimum atomic E-state index is -0.246. The second kappa shape index (κ2) is 3.79. The Morgan fingerprint density at radius 2 is 2.64 bits per heavy atom. The Kier molecular flexibility index (Phi) is 2.49. The number of aromatic nitrogens is 1. The van der Waals surface area contributed by atoms with Gasteiger partial charge in [-0.3, -0.25) is 4.79 Å². The zero-order valence-corrected chi connectivity index (χ0v) is 7.90. The lowest BCUT2D eigenvalue weighted by molar-refractivity contribution is -0.145. The molecule has 0 aliphatic carbocycles. The summed E-state index contributed by atoms with van der Waals surface area (Å²) >= 11 is 0. The molecule has 2 heterocycles. The van der Waals surface area contributed by atoms with Gasteiger partial charge < -0.3 is 14.5 Å². The molecule has 14 heavy (non-hydrogen) atoms. The fourth-order valence-corrected chi connectivity index (χ4v) is 1.62. The summed E-state index contributed by atoms with van der Waals surface area (Å²) in [5, 5.41) is 3.18. The third kappa shape index (κ3) is 1.93. The third-order valence-electron chi connectivity index (χ3n) is 2.17. The molecule has 1 aliphatic rings. The number of rotatable bonds is 2. The predicted molar refractivity (Wildman–Crippen MR) is 47.4 cm³/mol.